The molecule has 10 heteroatoms. The lowest BCUT2D eigenvalue weighted by atomic mass is 10.0. The minimum Gasteiger partial charge on any atom is -0.463 e. The molecule has 1 atom stereocenters. The molecule has 0 bridgehead atoms. The first kappa shape index (κ1) is 26.4. The highest BCUT2D eigenvalue weighted by molar-refractivity contribution is 5.88. The van der Waals surface area contributed by atoms with E-state index < -0.39 is 6.10 Å². The summed E-state index contributed by atoms with van der Waals surface area (Å²) in [5.41, 5.74) is 9.46. The fourth-order valence-corrected chi connectivity index (χ4v) is 4.50. The van der Waals surface area contributed by atoms with E-state index in [-0.39, 0.29) is 18.0 Å². The number of nitrogen functional groups attached to an aromatic ring is 1. The number of aromatic nitrogens is 3. The number of fused-ring (bicyclic) bond motifs is 1. The van der Waals surface area contributed by atoms with Crippen LogP contribution in [0.5, 0.6) is 6.01 Å². The first-order chi connectivity index (χ1) is 17.9. The highest BCUT2D eigenvalue weighted by atomic mass is 16.5. The third-order valence-electron chi connectivity index (χ3n) is 6.69. The molecule has 0 radical (unpaired) electrons. The number of aliphatic hydroxyl groups excluding tert-OH is 1. The monoisotopic (exact) mass is 505 g/mol. The summed E-state index contributed by atoms with van der Waals surface area (Å²) in [6, 6.07) is 12.7. The zero-order chi connectivity index (χ0) is 26.4. The Kier molecular flexibility index (Phi) is 8.58. The molecule has 1 aromatic carbocycles. The van der Waals surface area contributed by atoms with Crippen LogP contribution in [0.2, 0.25) is 0 Å². The van der Waals surface area contributed by atoms with Gasteiger partial charge in [-0.05, 0) is 43.4 Å². The number of aliphatic hydroxyl groups is 1. The molecule has 1 fully saturated rings. The molecule has 0 spiro atoms. The third-order valence-corrected chi connectivity index (χ3v) is 6.69. The van der Waals surface area contributed by atoms with Crippen LogP contribution in [0.4, 0.5) is 5.82 Å². The van der Waals surface area contributed by atoms with Gasteiger partial charge in [-0.25, -0.2) is 0 Å². The topological polar surface area (TPSA) is 142 Å². The van der Waals surface area contributed by atoms with Crippen molar-refractivity contribution in [3.8, 4) is 12.1 Å². The van der Waals surface area contributed by atoms with E-state index in [9.17, 15) is 15.2 Å². The summed E-state index contributed by atoms with van der Waals surface area (Å²) in [6.07, 6.45) is 2.65. The van der Waals surface area contributed by atoms with Gasteiger partial charge in [-0.3, -0.25) is 9.69 Å². The van der Waals surface area contributed by atoms with Crippen LogP contribution < -0.4 is 15.8 Å². The van der Waals surface area contributed by atoms with Gasteiger partial charge in [0.1, 0.15) is 23.7 Å². The number of hydrogen-bond donors (Lipinski definition) is 3. The number of benzene rings is 1. The Morgan fingerprint density at radius 3 is 2.54 bits per heavy atom. The predicted molar refractivity (Wildman–Crippen MR) is 141 cm³/mol. The number of anilines is 1. The number of nitrogens with zero attached hydrogens (tertiary/aromatic N) is 5. The number of rotatable bonds is 10. The number of carbonyl (C=O) groups excluding carboxylic acids is 1. The molecule has 196 valence electrons. The van der Waals surface area contributed by atoms with Crippen molar-refractivity contribution in [2.45, 2.75) is 64.8 Å². The van der Waals surface area contributed by atoms with Gasteiger partial charge in [0.2, 0.25) is 5.91 Å². The Labute approximate surface area is 217 Å². The summed E-state index contributed by atoms with van der Waals surface area (Å²) in [7, 11) is 0. The molecule has 1 aliphatic heterocycles. The molecule has 0 unspecified atom stereocenters. The average Bonchev–Trinajstić information content (AvgIpc) is 3.24. The smallest absolute Gasteiger partial charge is 0.320 e. The lowest BCUT2D eigenvalue weighted by Gasteiger charge is -2.32. The molecule has 3 aromatic rings. The fraction of sp³-hybridized carbons (Fsp3) is 0.481. The summed E-state index contributed by atoms with van der Waals surface area (Å²) in [6.45, 7) is 7.16. The Hall–Kier alpha value is -3.68. The second kappa shape index (κ2) is 12.0. The maximum atomic E-state index is 11.7. The lowest BCUT2D eigenvalue weighted by molar-refractivity contribution is -0.129. The van der Waals surface area contributed by atoms with Gasteiger partial charge in [-0.15, -0.1) is 0 Å². The number of hydrogen-bond acceptors (Lipinski definition) is 8. The van der Waals surface area contributed by atoms with Crippen LogP contribution in [0.25, 0.3) is 11.0 Å². The van der Waals surface area contributed by atoms with E-state index in [2.05, 4.69) is 57.4 Å². The van der Waals surface area contributed by atoms with Crippen LogP contribution in [-0.2, 0) is 17.9 Å². The van der Waals surface area contributed by atoms with Gasteiger partial charge in [-0.2, -0.15) is 15.2 Å². The van der Waals surface area contributed by atoms with Gasteiger partial charge < -0.3 is 25.5 Å². The van der Waals surface area contributed by atoms with E-state index >= 15 is 0 Å². The predicted octanol–water partition coefficient (Wildman–Crippen LogP) is 2.57. The summed E-state index contributed by atoms with van der Waals surface area (Å²) in [4.78, 5) is 22.9. The highest BCUT2D eigenvalue weighted by Crippen LogP contribution is 2.26. The van der Waals surface area contributed by atoms with Gasteiger partial charge in [0, 0.05) is 25.7 Å². The standard InChI is InChI=1S/C27H35N7O3/c1-3-4-13-37-27-31-24(29)23-14-22(15-28)34(25(23)32-27)17-20-7-5-19(6-8-20)16-33-11-9-21(10-12-33)30-26(36)18(2)35/h5-8,14,18,21,35H,3-4,9-13,16-17H2,1-2H3,(H,30,36)(H2,29,31,32)/t18-/m1/s1. The Morgan fingerprint density at radius 1 is 1.24 bits per heavy atom. The van der Waals surface area contributed by atoms with Crippen molar-refractivity contribution in [1.29, 1.82) is 5.26 Å². The first-order valence-electron chi connectivity index (χ1n) is 12.9. The van der Waals surface area contributed by atoms with Gasteiger partial charge in [-0.1, -0.05) is 37.6 Å². The third kappa shape index (κ3) is 6.56. The molecule has 0 aliphatic carbocycles. The highest BCUT2D eigenvalue weighted by Gasteiger charge is 2.22. The minimum atomic E-state index is -0.976. The molecule has 1 aliphatic rings. The van der Waals surface area contributed by atoms with Crippen LogP contribution in [-0.4, -0.2) is 62.3 Å². The normalized spacial score (nSPS) is 15.4. The van der Waals surface area contributed by atoms with E-state index in [0.717, 1.165) is 50.9 Å². The van der Waals surface area contributed by atoms with Crippen LogP contribution in [0.15, 0.2) is 30.3 Å². The molecule has 4 N–H and O–H groups in total. The summed E-state index contributed by atoms with van der Waals surface area (Å²) < 4.78 is 7.52. The number of nitrogens with one attached hydrogen (secondary N) is 1. The summed E-state index contributed by atoms with van der Waals surface area (Å²) in [5, 5.41) is 22.7. The zero-order valence-corrected chi connectivity index (χ0v) is 21.5. The molecule has 4 rings (SSSR count). The zero-order valence-electron chi connectivity index (χ0n) is 21.5. The SMILES string of the molecule is CCCCOc1nc(N)c2cc(C#N)n(Cc3ccc(CN4CCC(NC(=O)[C@@H](C)O)CC4)cc3)c2n1. The number of piperidine rings is 1. The van der Waals surface area contributed by atoms with Crippen molar-refractivity contribution in [2.24, 2.45) is 0 Å². The van der Waals surface area contributed by atoms with Crippen molar-refractivity contribution in [3.63, 3.8) is 0 Å². The summed E-state index contributed by atoms with van der Waals surface area (Å²) >= 11 is 0. The summed E-state index contributed by atoms with van der Waals surface area (Å²) in [5.74, 6) is -0.00485. The van der Waals surface area contributed by atoms with E-state index in [1.807, 2.05) is 4.57 Å². The minimum absolute atomic E-state index is 0.113. The molecule has 1 saturated heterocycles. The number of nitrogens with two attached hydrogens (primary N) is 1. The van der Waals surface area contributed by atoms with Crippen LogP contribution >= 0.6 is 0 Å². The lowest BCUT2D eigenvalue weighted by Crippen LogP contribution is -2.46. The van der Waals surface area contributed by atoms with Crippen LogP contribution in [0.1, 0.15) is 56.4 Å². The van der Waals surface area contributed by atoms with E-state index in [4.69, 9.17) is 10.5 Å². The first-order valence-corrected chi connectivity index (χ1v) is 12.9. The van der Waals surface area contributed by atoms with Gasteiger partial charge in [0.25, 0.3) is 0 Å². The Morgan fingerprint density at radius 2 is 1.92 bits per heavy atom. The van der Waals surface area contributed by atoms with E-state index in [1.165, 1.54) is 12.5 Å². The number of nitriles is 1. The van der Waals surface area contributed by atoms with Crippen molar-refractivity contribution in [1.82, 2.24) is 24.8 Å². The van der Waals surface area contributed by atoms with Crippen molar-refractivity contribution >= 4 is 22.8 Å². The van der Waals surface area contributed by atoms with Crippen molar-refractivity contribution in [3.05, 3.63) is 47.2 Å². The Balaban J connectivity index is 1.41. The average molecular weight is 506 g/mol. The second-order valence-corrected chi connectivity index (χ2v) is 9.61. The molecule has 3 heterocycles. The van der Waals surface area contributed by atoms with Gasteiger partial charge >= 0.3 is 6.01 Å². The van der Waals surface area contributed by atoms with Gasteiger partial charge in [0.15, 0.2) is 5.65 Å². The molecule has 1 amide bonds. The number of likely N-dealkylation sites (tertiary alicyclic amines) is 1. The Bertz CT molecular complexity index is 1260. The quantitative estimate of drug-likeness (QED) is 0.357. The molecular formula is C27H35N7O3. The number of carbonyl (C=O) groups is 1. The molecule has 10 nitrogen and oxygen atoms in total. The fourth-order valence-electron chi connectivity index (χ4n) is 4.50. The largest absolute Gasteiger partial charge is 0.463 e. The molecule has 37 heavy (non-hydrogen) atoms. The maximum Gasteiger partial charge on any atom is 0.320 e. The van der Waals surface area contributed by atoms with E-state index in [0.29, 0.717) is 35.7 Å². The molecule has 2 aromatic heterocycles. The van der Waals surface area contributed by atoms with Crippen LogP contribution in [0.3, 0.4) is 0 Å². The van der Waals surface area contributed by atoms with Crippen LogP contribution in [0, 0.1) is 11.3 Å². The molecular weight excluding hydrogens is 470 g/mol. The van der Waals surface area contributed by atoms with Crippen molar-refractivity contribution in [2.75, 3.05) is 25.4 Å². The van der Waals surface area contributed by atoms with Gasteiger partial charge in [0.05, 0.1) is 18.5 Å². The van der Waals surface area contributed by atoms with Crippen molar-refractivity contribution < 1.29 is 14.6 Å². The van der Waals surface area contributed by atoms with E-state index in [1.54, 1.807) is 6.07 Å². The number of amides is 1. The molecule has 0 saturated carbocycles. The number of unbranched alkanes of at least 4 members (excludes halogenated alkanes) is 1. The second-order valence-electron chi connectivity index (χ2n) is 9.61. The number of ether oxygens (including phenoxy) is 1. The maximum absolute atomic E-state index is 11.7.